The lowest BCUT2D eigenvalue weighted by Gasteiger charge is -2.18. The highest BCUT2D eigenvalue weighted by Crippen LogP contribution is 2.42. The molecule has 0 N–H and O–H groups in total. The van der Waals surface area contributed by atoms with Gasteiger partial charge in [-0.25, -0.2) is 0 Å². The summed E-state index contributed by atoms with van der Waals surface area (Å²) in [7, 11) is 0. The number of aromatic nitrogens is 4. The van der Waals surface area contributed by atoms with Crippen LogP contribution in [0.1, 0.15) is 5.69 Å². The van der Waals surface area contributed by atoms with Crippen molar-refractivity contribution in [1.29, 1.82) is 0 Å². The standard InChI is InChI=1S/C57H40N4/c1-39-32-42(30-31-58-39)57-29-26-45(38-61-57)51-20-10-13-23-54(51)48-34-46(52-21-11-8-18-49(52)43-24-27-55(59-36-43)40-14-4-2-5-15-40)33-47(35-48)53-22-12-9-19-50(53)44-25-28-56(60-37-44)41-16-6-3-7-17-41/h2-38H,1H3. The first-order valence-corrected chi connectivity index (χ1v) is 20.5. The molecule has 10 aromatic rings. The molecule has 0 amide bonds. The second-order valence-electron chi connectivity index (χ2n) is 15.2. The second kappa shape index (κ2) is 16.6. The van der Waals surface area contributed by atoms with Crippen molar-refractivity contribution < 1.29 is 0 Å². The molecule has 10 rings (SSSR count). The van der Waals surface area contributed by atoms with Gasteiger partial charge in [-0.3, -0.25) is 19.9 Å². The van der Waals surface area contributed by atoms with Crippen LogP contribution in [0, 0.1) is 6.92 Å². The van der Waals surface area contributed by atoms with Crippen molar-refractivity contribution in [1.82, 2.24) is 19.9 Å². The maximum Gasteiger partial charge on any atom is 0.0703 e. The lowest BCUT2D eigenvalue weighted by molar-refractivity contribution is 1.19. The van der Waals surface area contributed by atoms with Crippen LogP contribution in [-0.2, 0) is 0 Å². The van der Waals surface area contributed by atoms with Crippen LogP contribution >= 0.6 is 0 Å². The number of pyridine rings is 4. The highest BCUT2D eigenvalue weighted by molar-refractivity contribution is 5.94. The molecule has 61 heavy (non-hydrogen) atoms. The fourth-order valence-electron chi connectivity index (χ4n) is 8.15. The molecule has 0 fully saturated rings. The number of rotatable bonds is 9. The topological polar surface area (TPSA) is 51.6 Å². The SMILES string of the molecule is Cc1cc(-c2ccc(-c3ccccc3-c3cc(-c4ccccc4-c4ccc(-c5ccccc5)nc4)cc(-c4ccccc4-c4ccc(-c5ccccc5)nc4)c3)cn2)ccn1. The van der Waals surface area contributed by atoms with Crippen LogP contribution in [0.25, 0.3) is 101 Å². The van der Waals surface area contributed by atoms with Gasteiger partial charge in [0.1, 0.15) is 0 Å². The zero-order chi connectivity index (χ0) is 41.0. The quantitative estimate of drug-likeness (QED) is 0.146. The monoisotopic (exact) mass is 780 g/mol. The summed E-state index contributed by atoms with van der Waals surface area (Å²) in [5, 5.41) is 0. The Morgan fingerprint density at radius 2 is 0.574 bits per heavy atom. The van der Waals surface area contributed by atoms with Crippen LogP contribution in [-0.4, -0.2) is 19.9 Å². The Hall–Kier alpha value is -8.08. The first-order chi connectivity index (χ1) is 30.1. The minimum Gasteiger partial charge on any atom is -0.262 e. The highest BCUT2D eigenvalue weighted by Gasteiger charge is 2.17. The predicted molar refractivity (Wildman–Crippen MR) is 251 cm³/mol. The van der Waals surface area contributed by atoms with E-state index in [2.05, 4.69) is 163 Å². The summed E-state index contributed by atoms with van der Waals surface area (Å²) in [5.41, 5.74) is 20.2. The molecular formula is C57H40N4. The van der Waals surface area contributed by atoms with Gasteiger partial charge in [-0.05, 0) is 106 Å². The average molecular weight is 781 g/mol. The molecule has 0 bridgehead atoms. The van der Waals surface area contributed by atoms with Gasteiger partial charge in [-0.15, -0.1) is 0 Å². The molecule has 4 nitrogen and oxygen atoms in total. The Bertz CT molecular complexity index is 2960. The number of nitrogens with zero attached hydrogens (tertiary/aromatic N) is 4. The molecule has 288 valence electrons. The van der Waals surface area contributed by atoms with Crippen molar-refractivity contribution in [3.05, 3.63) is 231 Å². The third-order valence-electron chi connectivity index (χ3n) is 11.2. The molecule has 4 heteroatoms. The smallest absolute Gasteiger partial charge is 0.0703 e. The highest BCUT2D eigenvalue weighted by atomic mass is 14.7. The van der Waals surface area contributed by atoms with E-state index in [0.717, 1.165) is 106 Å². The largest absolute Gasteiger partial charge is 0.262 e. The minimum atomic E-state index is 0.918. The predicted octanol–water partition coefficient (Wildman–Crippen LogP) is 14.6. The first-order valence-electron chi connectivity index (χ1n) is 20.5. The second-order valence-corrected chi connectivity index (χ2v) is 15.2. The third-order valence-corrected chi connectivity index (χ3v) is 11.2. The Balaban J connectivity index is 1.12. The lowest BCUT2D eigenvalue weighted by Crippen LogP contribution is -1.93. The van der Waals surface area contributed by atoms with Gasteiger partial charge in [-0.1, -0.05) is 152 Å². The molecule has 0 spiro atoms. The van der Waals surface area contributed by atoms with Gasteiger partial charge in [0.2, 0.25) is 0 Å². The fourth-order valence-corrected chi connectivity index (χ4v) is 8.15. The normalized spacial score (nSPS) is 11.0. The molecule has 0 saturated carbocycles. The lowest BCUT2D eigenvalue weighted by atomic mass is 9.86. The van der Waals surface area contributed by atoms with E-state index in [-0.39, 0.29) is 0 Å². The van der Waals surface area contributed by atoms with Crippen molar-refractivity contribution in [2.45, 2.75) is 6.92 Å². The molecule has 0 aliphatic carbocycles. The molecular weight excluding hydrogens is 741 g/mol. The van der Waals surface area contributed by atoms with Crippen LogP contribution in [0.15, 0.2) is 225 Å². The Labute approximate surface area is 356 Å². The van der Waals surface area contributed by atoms with E-state index in [4.69, 9.17) is 15.0 Å². The Morgan fingerprint density at radius 3 is 0.902 bits per heavy atom. The van der Waals surface area contributed by atoms with Gasteiger partial charge in [0.15, 0.2) is 0 Å². The molecule has 0 radical (unpaired) electrons. The van der Waals surface area contributed by atoms with Crippen LogP contribution in [0.4, 0.5) is 0 Å². The van der Waals surface area contributed by atoms with Gasteiger partial charge in [-0.2, -0.15) is 0 Å². The Morgan fingerprint density at radius 1 is 0.246 bits per heavy atom. The first kappa shape index (κ1) is 37.2. The van der Waals surface area contributed by atoms with Gasteiger partial charge < -0.3 is 0 Å². The number of hydrogen-bond acceptors (Lipinski definition) is 4. The average Bonchev–Trinajstić information content (AvgIpc) is 3.34. The minimum absolute atomic E-state index is 0.918. The zero-order valence-corrected chi connectivity index (χ0v) is 33.7. The maximum atomic E-state index is 4.93. The molecule has 0 unspecified atom stereocenters. The van der Waals surface area contributed by atoms with Crippen molar-refractivity contribution >= 4 is 0 Å². The van der Waals surface area contributed by atoms with Crippen LogP contribution in [0.2, 0.25) is 0 Å². The summed E-state index contributed by atoms with van der Waals surface area (Å²) < 4.78 is 0. The molecule has 0 aliphatic heterocycles. The van der Waals surface area contributed by atoms with E-state index in [9.17, 15) is 0 Å². The van der Waals surface area contributed by atoms with Gasteiger partial charge >= 0.3 is 0 Å². The van der Waals surface area contributed by atoms with Crippen LogP contribution in [0.3, 0.4) is 0 Å². The van der Waals surface area contributed by atoms with Crippen LogP contribution in [0.5, 0.6) is 0 Å². The summed E-state index contributed by atoms with van der Waals surface area (Å²) in [6, 6.07) is 70.5. The summed E-state index contributed by atoms with van der Waals surface area (Å²) in [6.45, 7) is 2.00. The van der Waals surface area contributed by atoms with E-state index in [0.29, 0.717) is 0 Å². The van der Waals surface area contributed by atoms with Crippen molar-refractivity contribution in [2.75, 3.05) is 0 Å². The van der Waals surface area contributed by atoms with E-state index in [1.807, 2.05) is 74.2 Å². The van der Waals surface area contributed by atoms with E-state index in [1.54, 1.807) is 0 Å². The van der Waals surface area contributed by atoms with E-state index in [1.165, 1.54) is 0 Å². The van der Waals surface area contributed by atoms with E-state index < -0.39 is 0 Å². The summed E-state index contributed by atoms with van der Waals surface area (Å²) >= 11 is 0. The molecule has 0 saturated heterocycles. The summed E-state index contributed by atoms with van der Waals surface area (Å²) in [5.74, 6) is 0. The Kier molecular flexibility index (Phi) is 10.2. The molecule has 4 heterocycles. The summed E-state index contributed by atoms with van der Waals surface area (Å²) in [4.78, 5) is 19.1. The number of aryl methyl sites for hydroxylation is 1. The van der Waals surface area contributed by atoms with E-state index >= 15 is 0 Å². The molecule has 6 aromatic carbocycles. The fraction of sp³-hybridized carbons (Fsp3) is 0.0175. The molecule has 0 atom stereocenters. The van der Waals surface area contributed by atoms with Gasteiger partial charge in [0, 0.05) is 63.9 Å². The maximum absolute atomic E-state index is 4.93. The van der Waals surface area contributed by atoms with Crippen molar-refractivity contribution in [2.24, 2.45) is 0 Å². The molecule has 4 aromatic heterocycles. The number of hydrogen-bond donors (Lipinski definition) is 0. The van der Waals surface area contributed by atoms with Crippen molar-refractivity contribution in [3.8, 4) is 101 Å². The third kappa shape index (κ3) is 7.78. The van der Waals surface area contributed by atoms with Gasteiger partial charge in [0.05, 0.1) is 17.1 Å². The number of benzene rings is 6. The molecule has 0 aliphatic rings. The summed E-state index contributed by atoms with van der Waals surface area (Å²) in [6.07, 6.45) is 7.81. The van der Waals surface area contributed by atoms with Gasteiger partial charge in [0.25, 0.3) is 0 Å². The zero-order valence-electron chi connectivity index (χ0n) is 33.7. The van der Waals surface area contributed by atoms with Crippen LogP contribution < -0.4 is 0 Å². The van der Waals surface area contributed by atoms with Crippen molar-refractivity contribution in [3.63, 3.8) is 0 Å².